The van der Waals surface area contributed by atoms with Crippen LogP contribution in [0, 0.1) is 0 Å². The number of hydrogen-bond acceptors (Lipinski definition) is 5. The van der Waals surface area contributed by atoms with Crippen LogP contribution >= 0.6 is 0 Å². The van der Waals surface area contributed by atoms with Gasteiger partial charge in [-0.2, -0.15) is 26.3 Å². The van der Waals surface area contributed by atoms with E-state index in [1.54, 1.807) is 6.07 Å². The monoisotopic (exact) mass is 552 g/mol. The van der Waals surface area contributed by atoms with E-state index in [1.807, 2.05) is 0 Å². The third-order valence-electron chi connectivity index (χ3n) is 5.45. The van der Waals surface area contributed by atoms with E-state index in [-0.39, 0.29) is 33.2 Å². The second-order valence-corrected chi connectivity index (χ2v) is 10.4. The zero-order valence-corrected chi connectivity index (χ0v) is 20.5. The third kappa shape index (κ3) is 5.68. The summed E-state index contributed by atoms with van der Waals surface area (Å²) in [5, 5.41) is 0. The molecule has 0 atom stereocenters. The van der Waals surface area contributed by atoms with E-state index in [0.717, 1.165) is 28.6 Å². The van der Waals surface area contributed by atoms with Gasteiger partial charge in [0.25, 0.3) is 0 Å². The first-order valence-electron chi connectivity index (χ1n) is 10.8. The molecule has 0 radical (unpaired) electrons. The Balaban J connectivity index is 1.81. The second kappa shape index (κ2) is 9.80. The van der Waals surface area contributed by atoms with Gasteiger partial charge >= 0.3 is 12.4 Å². The number of alkyl halides is 6. The highest BCUT2D eigenvalue weighted by molar-refractivity contribution is 7.89. The largest absolute Gasteiger partial charge is 0.433 e. The van der Waals surface area contributed by atoms with Gasteiger partial charge < -0.3 is 0 Å². The maximum atomic E-state index is 13.7. The summed E-state index contributed by atoms with van der Waals surface area (Å²) in [4.78, 5) is 12.0. The normalized spacial score (nSPS) is 12.7. The van der Waals surface area contributed by atoms with Crippen LogP contribution in [0.5, 0.6) is 0 Å². The lowest BCUT2D eigenvalue weighted by Gasteiger charge is -2.13. The van der Waals surface area contributed by atoms with Gasteiger partial charge in [-0.3, -0.25) is 4.98 Å². The predicted molar refractivity (Wildman–Crippen MR) is 127 cm³/mol. The van der Waals surface area contributed by atoms with E-state index in [0.29, 0.717) is 11.6 Å². The molecule has 0 aliphatic heterocycles. The Hall–Kier alpha value is -3.84. The van der Waals surface area contributed by atoms with E-state index in [2.05, 4.69) is 15.0 Å². The number of nitrogens with zero attached hydrogens (tertiary/aromatic N) is 4. The van der Waals surface area contributed by atoms with Crippen molar-refractivity contribution >= 4 is 10.0 Å². The highest BCUT2D eigenvalue weighted by Crippen LogP contribution is 2.35. The summed E-state index contributed by atoms with van der Waals surface area (Å²) >= 11 is 0. The van der Waals surface area contributed by atoms with Crippen LogP contribution in [0.15, 0.2) is 77.8 Å². The molecule has 2 heterocycles. The maximum Gasteiger partial charge on any atom is 0.433 e. The third-order valence-corrected chi connectivity index (χ3v) is 7.26. The predicted octanol–water partition coefficient (Wildman–Crippen LogP) is 6.16. The Morgan fingerprint density at radius 1 is 0.711 bits per heavy atom. The minimum absolute atomic E-state index is 0.00730. The number of halogens is 6. The van der Waals surface area contributed by atoms with E-state index in [9.17, 15) is 34.8 Å². The lowest BCUT2D eigenvalue weighted by Crippen LogP contribution is -2.22. The summed E-state index contributed by atoms with van der Waals surface area (Å²) in [7, 11) is -1.00. The van der Waals surface area contributed by atoms with Crippen molar-refractivity contribution in [3.63, 3.8) is 0 Å². The van der Waals surface area contributed by atoms with Gasteiger partial charge in [0.15, 0.2) is 5.82 Å². The van der Waals surface area contributed by atoms with E-state index in [1.165, 1.54) is 50.6 Å². The number of pyridine rings is 1. The molecule has 2 aromatic carbocycles. The highest BCUT2D eigenvalue weighted by Gasteiger charge is 2.34. The molecular weight excluding hydrogens is 534 g/mol. The molecule has 0 saturated heterocycles. The van der Waals surface area contributed by atoms with Gasteiger partial charge in [-0.25, -0.2) is 22.7 Å². The highest BCUT2D eigenvalue weighted by atomic mass is 32.2. The molecule has 0 aliphatic carbocycles. The van der Waals surface area contributed by atoms with Gasteiger partial charge in [-0.15, -0.1) is 0 Å². The van der Waals surface area contributed by atoms with Crippen molar-refractivity contribution < 1.29 is 34.8 Å². The van der Waals surface area contributed by atoms with Gasteiger partial charge in [0.2, 0.25) is 10.0 Å². The number of aromatic nitrogens is 3. The van der Waals surface area contributed by atoms with Gasteiger partial charge in [-0.05, 0) is 42.5 Å². The fourth-order valence-corrected chi connectivity index (χ4v) is 4.40. The molecule has 0 unspecified atom stereocenters. The summed E-state index contributed by atoms with van der Waals surface area (Å²) in [6, 6.07) is 12.9. The molecule has 0 fully saturated rings. The molecule has 4 rings (SSSR count). The quantitative estimate of drug-likeness (QED) is 0.277. The molecule has 0 spiro atoms. The number of sulfonamides is 1. The SMILES string of the molecule is CN(C)S(=O)(=O)c1cccc(-c2cc(-c3nc(-c4ccc(C(F)(F)F)cc4)cc(C(F)(F)F)n3)ccn2)c1. The Morgan fingerprint density at radius 2 is 1.39 bits per heavy atom. The first kappa shape index (κ1) is 27.2. The molecule has 0 N–H and O–H groups in total. The van der Waals surface area contributed by atoms with Crippen LogP contribution in [0.3, 0.4) is 0 Å². The summed E-state index contributed by atoms with van der Waals surface area (Å²) in [6.07, 6.45) is -8.16. The van der Waals surface area contributed by atoms with Crippen molar-refractivity contribution in [2.75, 3.05) is 14.1 Å². The molecule has 4 aromatic rings. The smallest absolute Gasteiger partial charge is 0.256 e. The van der Waals surface area contributed by atoms with Crippen molar-refractivity contribution in [3.8, 4) is 33.9 Å². The van der Waals surface area contributed by atoms with Crippen molar-refractivity contribution in [2.24, 2.45) is 0 Å². The summed E-state index contributed by atoms with van der Waals surface area (Å²) in [6.45, 7) is 0. The van der Waals surface area contributed by atoms with Crippen molar-refractivity contribution in [1.29, 1.82) is 0 Å². The number of rotatable bonds is 5. The standard InChI is InChI=1S/C25H18F6N4O2S/c1-35(2)38(36,37)19-5-3-4-16(12-19)20-13-17(10-11-32-20)23-33-21(14-22(34-23)25(29,30)31)15-6-8-18(9-7-15)24(26,27)28/h3-14H,1-2H3. The maximum absolute atomic E-state index is 13.7. The topological polar surface area (TPSA) is 76.1 Å². The molecule has 198 valence electrons. The van der Waals surface area contributed by atoms with Crippen LogP contribution in [0.4, 0.5) is 26.3 Å². The second-order valence-electron chi connectivity index (χ2n) is 8.28. The Morgan fingerprint density at radius 3 is 2.00 bits per heavy atom. The molecule has 38 heavy (non-hydrogen) atoms. The van der Waals surface area contributed by atoms with Gasteiger partial charge in [0.1, 0.15) is 5.69 Å². The molecule has 2 aromatic heterocycles. The van der Waals surface area contributed by atoms with E-state index >= 15 is 0 Å². The first-order chi connectivity index (χ1) is 17.7. The van der Waals surface area contributed by atoms with Crippen molar-refractivity contribution in [3.05, 3.63) is 84.2 Å². The molecule has 0 bridgehead atoms. The average molecular weight is 553 g/mol. The van der Waals surface area contributed by atoms with Gasteiger partial charge in [-0.1, -0.05) is 24.3 Å². The minimum atomic E-state index is -4.86. The summed E-state index contributed by atoms with van der Waals surface area (Å²) < 4.78 is 106. The molecule has 0 aliphatic rings. The van der Waals surface area contributed by atoms with E-state index < -0.39 is 33.6 Å². The van der Waals surface area contributed by atoms with Crippen molar-refractivity contribution in [2.45, 2.75) is 17.2 Å². The molecule has 13 heteroatoms. The van der Waals surface area contributed by atoms with Crippen LogP contribution in [-0.2, 0) is 22.4 Å². The zero-order valence-electron chi connectivity index (χ0n) is 19.7. The summed E-state index contributed by atoms with van der Waals surface area (Å²) in [5.74, 6) is -0.338. The van der Waals surface area contributed by atoms with Crippen LogP contribution in [0.1, 0.15) is 11.3 Å². The Bertz CT molecular complexity index is 1580. The van der Waals surface area contributed by atoms with Gasteiger partial charge in [0, 0.05) is 37.0 Å². The number of hydrogen-bond donors (Lipinski definition) is 0. The fourth-order valence-electron chi connectivity index (χ4n) is 3.45. The lowest BCUT2D eigenvalue weighted by molar-refractivity contribution is -0.141. The summed E-state index contributed by atoms with van der Waals surface area (Å²) in [5.41, 5.74) is -1.68. The van der Waals surface area contributed by atoms with Crippen LogP contribution in [0.2, 0.25) is 0 Å². The van der Waals surface area contributed by atoms with Crippen LogP contribution < -0.4 is 0 Å². The van der Waals surface area contributed by atoms with Crippen LogP contribution in [-0.4, -0.2) is 41.8 Å². The fraction of sp³-hybridized carbons (Fsp3) is 0.160. The Labute approximate surface area is 213 Å². The molecule has 0 amide bonds. The van der Waals surface area contributed by atoms with E-state index in [4.69, 9.17) is 0 Å². The average Bonchev–Trinajstić information content (AvgIpc) is 2.87. The number of benzene rings is 2. The molecule has 6 nitrogen and oxygen atoms in total. The lowest BCUT2D eigenvalue weighted by atomic mass is 10.1. The zero-order chi connectivity index (χ0) is 27.9. The van der Waals surface area contributed by atoms with Crippen molar-refractivity contribution in [1.82, 2.24) is 19.3 Å². The molecule has 0 saturated carbocycles. The first-order valence-corrected chi connectivity index (χ1v) is 12.2. The van der Waals surface area contributed by atoms with Gasteiger partial charge in [0.05, 0.1) is 21.8 Å². The van der Waals surface area contributed by atoms with Crippen LogP contribution in [0.25, 0.3) is 33.9 Å². The Kier molecular flexibility index (Phi) is 7.01. The minimum Gasteiger partial charge on any atom is -0.256 e. The molecular formula is C25H18F6N4O2S.